The van der Waals surface area contributed by atoms with Crippen LogP contribution in [0, 0.1) is 13.8 Å². The summed E-state index contributed by atoms with van der Waals surface area (Å²) in [5.74, 6) is -0.0793. The minimum absolute atomic E-state index is 0.129. The number of rotatable bonds is 6. The predicted octanol–water partition coefficient (Wildman–Crippen LogP) is 4.71. The monoisotopic (exact) mass is 423 g/mol. The second kappa shape index (κ2) is 8.28. The Bertz CT molecular complexity index is 1170. The number of methoxy groups -OCH3 is 1. The van der Waals surface area contributed by atoms with Crippen LogP contribution in [0.1, 0.15) is 45.3 Å². The summed E-state index contributed by atoms with van der Waals surface area (Å²) in [6.07, 6.45) is 2.70. The largest absolute Gasteiger partial charge is 0.450 e. The van der Waals surface area contributed by atoms with Gasteiger partial charge in [0.25, 0.3) is 5.91 Å². The number of carbonyl (C=O) groups is 1. The van der Waals surface area contributed by atoms with E-state index in [1.807, 2.05) is 56.5 Å². The van der Waals surface area contributed by atoms with Gasteiger partial charge < -0.3 is 14.1 Å². The molecule has 1 aromatic heterocycles. The first kappa shape index (κ1) is 20.7. The predicted molar refractivity (Wildman–Crippen MR) is 120 cm³/mol. The minimum Gasteiger partial charge on any atom is -0.450 e. The van der Waals surface area contributed by atoms with Crippen molar-refractivity contribution < 1.29 is 13.9 Å². The molecule has 30 heavy (non-hydrogen) atoms. The van der Waals surface area contributed by atoms with Crippen molar-refractivity contribution >= 4 is 28.6 Å². The molecule has 1 aliphatic rings. The summed E-state index contributed by atoms with van der Waals surface area (Å²) in [6.45, 7) is 4.97. The van der Waals surface area contributed by atoms with Crippen molar-refractivity contribution in [2.75, 3.05) is 26.5 Å². The Kier molecular flexibility index (Phi) is 5.71. The van der Waals surface area contributed by atoms with Gasteiger partial charge in [0.2, 0.25) is 5.76 Å². The van der Waals surface area contributed by atoms with Crippen LogP contribution >= 0.6 is 11.8 Å². The number of benzene rings is 2. The van der Waals surface area contributed by atoms with Gasteiger partial charge in [-0.15, -0.1) is 11.8 Å². The molecular weight excluding hydrogens is 398 g/mol. The van der Waals surface area contributed by atoms with Crippen LogP contribution in [0.5, 0.6) is 0 Å². The lowest BCUT2D eigenvalue weighted by molar-refractivity contribution is 0.0708. The van der Waals surface area contributed by atoms with E-state index in [1.54, 1.807) is 23.8 Å². The number of aryl methyl sites for hydroxylation is 2. The highest BCUT2D eigenvalue weighted by Crippen LogP contribution is 2.38. The van der Waals surface area contributed by atoms with Crippen molar-refractivity contribution in [3.05, 3.63) is 74.6 Å². The van der Waals surface area contributed by atoms with Gasteiger partial charge in [-0.05, 0) is 67.5 Å². The quantitative estimate of drug-likeness (QED) is 0.424. The number of amides is 1. The summed E-state index contributed by atoms with van der Waals surface area (Å²) in [5.41, 5.74) is 3.73. The van der Waals surface area contributed by atoms with Crippen molar-refractivity contribution in [2.24, 2.45) is 0 Å². The summed E-state index contributed by atoms with van der Waals surface area (Å²) in [4.78, 5) is 29.7. The van der Waals surface area contributed by atoms with Gasteiger partial charge in [-0.25, -0.2) is 0 Å². The molecule has 1 amide bonds. The molecule has 2 heterocycles. The highest BCUT2D eigenvalue weighted by atomic mass is 32.2. The Morgan fingerprint density at radius 3 is 2.47 bits per heavy atom. The number of hydrogen-bond acceptors (Lipinski definition) is 5. The molecule has 1 aliphatic heterocycles. The van der Waals surface area contributed by atoms with Crippen LogP contribution in [0.3, 0.4) is 0 Å². The first-order valence-corrected chi connectivity index (χ1v) is 11.2. The number of carbonyl (C=O) groups excluding carboxylic acids is 1. The average molecular weight is 424 g/mol. The zero-order valence-electron chi connectivity index (χ0n) is 17.7. The molecule has 4 rings (SSSR count). The van der Waals surface area contributed by atoms with E-state index in [2.05, 4.69) is 0 Å². The van der Waals surface area contributed by atoms with Crippen molar-refractivity contribution in [1.82, 2.24) is 4.90 Å². The maximum atomic E-state index is 13.5. The summed E-state index contributed by atoms with van der Waals surface area (Å²) >= 11 is 1.65. The molecule has 0 saturated heterocycles. The molecule has 156 valence electrons. The van der Waals surface area contributed by atoms with Gasteiger partial charge in [0, 0.05) is 25.2 Å². The molecule has 0 N–H and O–H groups in total. The summed E-state index contributed by atoms with van der Waals surface area (Å²) in [5, 5.41) is 0.522. The lowest BCUT2D eigenvalue weighted by Gasteiger charge is -2.25. The Hall–Kier alpha value is -2.57. The molecule has 0 fully saturated rings. The summed E-state index contributed by atoms with van der Waals surface area (Å²) < 4.78 is 11.2. The van der Waals surface area contributed by atoms with E-state index in [4.69, 9.17) is 9.15 Å². The minimum atomic E-state index is -0.456. The third kappa shape index (κ3) is 3.44. The molecule has 0 aliphatic carbocycles. The number of fused-ring (bicyclic) bond motifs is 2. The van der Waals surface area contributed by atoms with Gasteiger partial charge in [0.15, 0.2) is 5.43 Å². The van der Waals surface area contributed by atoms with Crippen LogP contribution in [0.15, 0.2) is 50.5 Å². The molecule has 0 radical (unpaired) electrons. The number of nitrogens with zero attached hydrogens (tertiary/aromatic N) is 1. The van der Waals surface area contributed by atoms with Crippen LogP contribution in [-0.2, 0) is 4.74 Å². The SMILES string of the molecule is COCCCN1C(=O)c2oc3cc(C)c(C)cc3c(=O)c2C1c1ccc(SC)cc1. The Labute approximate surface area is 180 Å². The average Bonchev–Trinajstić information content (AvgIpc) is 3.02. The Morgan fingerprint density at radius 2 is 1.80 bits per heavy atom. The normalized spacial score (nSPS) is 15.8. The third-order valence-corrected chi connectivity index (χ3v) is 6.50. The van der Waals surface area contributed by atoms with Crippen LogP contribution in [-0.4, -0.2) is 37.3 Å². The zero-order valence-corrected chi connectivity index (χ0v) is 18.5. The lowest BCUT2D eigenvalue weighted by atomic mass is 9.97. The maximum Gasteiger partial charge on any atom is 0.290 e. The molecular formula is C24H25NO4S. The molecule has 6 heteroatoms. The van der Waals surface area contributed by atoms with Crippen molar-refractivity contribution in [2.45, 2.75) is 31.2 Å². The number of hydrogen-bond donors (Lipinski definition) is 0. The van der Waals surface area contributed by atoms with E-state index >= 15 is 0 Å². The second-order valence-electron chi connectivity index (χ2n) is 7.63. The Balaban J connectivity index is 1.91. The zero-order chi connectivity index (χ0) is 21.4. The van der Waals surface area contributed by atoms with Crippen LogP contribution < -0.4 is 5.43 Å². The first-order chi connectivity index (χ1) is 14.5. The highest BCUT2D eigenvalue weighted by molar-refractivity contribution is 7.98. The van der Waals surface area contributed by atoms with Gasteiger partial charge >= 0.3 is 0 Å². The second-order valence-corrected chi connectivity index (χ2v) is 8.51. The summed E-state index contributed by atoms with van der Waals surface area (Å²) in [6, 6.07) is 11.3. The third-order valence-electron chi connectivity index (χ3n) is 5.76. The van der Waals surface area contributed by atoms with E-state index in [-0.39, 0.29) is 17.1 Å². The van der Waals surface area contributed by atoms with Crippen LogP contribution in [0.4, 0.5) is 0 Å². The standard InChI is InChI=1S/C24H25NO4S/c1-14-12-18-19(13-15(14)2)29-23-20(22(18)26)21(16-6-8-17(30-4)9-7-16)25(24(23)27)10-5-11-28-3/h6-9,12-13,21H,5,10-11H2,1-4H3. The number of ether oxygens (including phenoxy) is 1. The molecule has 1 unspecified atom stereocenters. The fraction of sp³-hybridized carbons (Fsp3) is 0.333. The summed E-state index contributed by atoms with van der Waals surface area (Å²) in [7, 11) is 1.64. The highest BCUT2D eigenvalue weighted by Gasteiger charge is 2.42. The van der Waals surface area contributed by atoms with Crippen molar-refractivity contribution in [3.8, 4) is 0 Å². The van der Waals surface area contributed by atoms with Crippen molar-refractivity contribution in [1.29, 1.82) is 0 Å². The van der Waals surface area contributed by atoms with Crippen molar-refractivity contribution in [3.63, 3.8) is 0 Å². The number of thioether (sulfide) groups is 1. The van der Waals surface area contributed by atoms with Gasteiger partial charge in [0.05, 0.1) is 17.0 Å². The van der Waals surface area contributed by atoms with Gasteiger partial charge in [-0.2, -0.15) is 0 Å². The van der Waals surface area contributed by atoms with Crippen LogP contribution in [0.2, 0.25) is 0 Å². The van der Waals surface area contributed by atoms with E-state index in [1.165, 1.54) is 0 Å². The first-order valence-electron chi connectivity index (χ1n) is 9.98. The van der Waals surface area contributed by atoms with E-state index < -0.39 is 6.04 Å². The molecule has 2 aromatic carbocycles. The smallest absolute Gasteiger partial charge is 0.290 e. The molecule has 3 aromatic rings. The van der Waals surface area contributed by atoms with E-state index in [0.29, 0.717) is 36.1 Å². The molecule has 0 spiro atoms. The molecule has 5 nitrogen and oxygen atoms in total. The Morgan fingerprint density at radius 1 is 1.10 bits per heavy atom. The fourth-order valence-corrected chi connectivity index (χ4v) is 4.43. The van der Waals surface area contributed by atoms with Crippen LogP contribution in [0.25, 0.3) is 11.0 Å². The lowest BCUT2D eigenvalue weighted by Crippen LogP contribution is -2.31. The maximum absolute atomic E-state index is 13.5. The van der Waals surface area contributed by atoms with E-state index in [9.17, 15) is 9.59 Å². The van der Waals surface area contributed by atoms with Gasteiger partial charge in [-0.3, -0.25) is 9.59 Å². The fourth-order valence-electron chi connectivity index (χ4n) is 4.02. The molecule has 0 bridgehead atoms. The molecule has 0 saturated carbocycles. The molecule has 1 atom stereocenters. The van der Waals surface area contributed by atoms with Gasteiger partial charge in [0.1, 0.15) is 5.58 Å². The van der Waals surface area contributed by atoms with Gasteiger partial charge in [-0.1, -0.05) is 12.1 Å². The topological polar surface area (TPSA) is 59.8 Å². The van der Waals surface area contributed by atoms with E-state index in [0.717, 1.165) is 21.6 Å².